The lowest BCUT2D eigenvalue weighted by Gasteiger charge is -2.03. The SMILES string of the molecule is c1cncc(CNCc2ccncn2)c1. The van der Waals surface area contributed by atoms with Gasteiger partial charge in [0.25, 0.3) is 0 Å². The van der Waals surface area contributed by atoms with Crippen LogP contribution in [0, 0.1) is 0 Å². The van der Waals surface area contributed by atoms with Gasteiger partial charge in [-0.15, -0.1) is 0 Å². The third-order valence-corrected chi connectivity index (χ3v) is 2.00. The van der Waals surface area contributed by atoms with Crippen molar-refractivity contribution in [2.24, 2.45) is 0 Å². The molecule has 0 spiro atoms. The molecule has 4 nitrogen and oxygen atoms in total. The van der Waals surface area contributed by atoms with Crippen LogP contribution in [0.3, 0.4) is 0 Å². The highest BCUT2D eigenvalue weighted by molar-refractivity contribution is 5.08. The van der Waals surface area contributed by atoms with E-state index in [1.54, 1.807) is 18.7 Å². The first-order valence-electron chi connectivity index (χ1n) is 4.79. The lowest BCUT2D eigenvalue weighted by atomic mass is 10.3. The number of hydrogen-bond acceptors (Lipinski definition) is 4. The van der Waals surface area contributed by atoms with Gasteiger partial charge in [0.2, 0.25) is 0 Å². The Hall–Kier alpha value is -1.81. The maximum Gasteiger partial charge on any atom is 0.115 e. The fourth-order valence-corrected chi connectivity index (χ4v) is 1.26. The normalized spacial score (nSPS) is 10.1. The smallest absolute Gasteiger partial charge is 0.115 e. The van der Waals surface area contributed by atoms with Crippen LogP contribution in [0.5, 0.6) is 0 Å². The minimum Gasteiger partial charge on any atom is -0.307 e. The molecule has 0 fully saturated rings. The van der Waals surface area contributed by atoms with E-state index in [0.29, 0.717) is 0 Å². The van der Waals surface area contributed by atoms with Gasteiger partial charge in [-0.25, -0.2) is 9.97 Å². The molecule has 2 aromatic rings. The Balaban J connectivity index is 1.81. The Bertz CT molecular complexity index is 348. The van der Waals surface area contributed by atoms with E-state index in [-0.39, 0.29) is 0 Å². The Morgan fingerprint density at radius 2 is 2.07 bits per heavy atom. The molecule has 0 aliphatic heterocycles. The van der Waals surface area contributed by atoms with Gasteiger partial charge in [-0.05, 0) is 17.7 Å². The molecule has 0 amide bonds. The van der Waals surface area contributed by atoms with Gasteiger partial charge < -0.3 is 5.32 Å². The molecule has 0 saturated heterocycles. The summed E-state index contributed by atoms with van der Waals surface area (Å²) in [6.07, 6.45) is 6.93. The van der Waals surface area contributed by atoms with Crippen LogP contribution in [0.25, 0.3) is 0 Å². The van der Waals surface area contributed by atoms with Crippen LogP contribution in [-0.4, -0.2) is 15.0 Å². The minimum atomic E-state index is 0.747. The molecular formula is C11H12N4. The van der Waals surface area contributed by atoms with Gasteiger partial charge in [0.1, 0.15) is 6.33 Å². The number of hydrogen-bond donors (Lipinski definition) is 1. The van der Waals surface area contributed by atoms with Crippen LogP contribution < -0.4 is 5.32 Å². The monoisotopic (exact) mass is 200 g/mol. The number of aromatic nitrogens is 3. The quantitative estimate of drug-likeness (QED) is 0.804. The average Bonchev–Trinajstić information content (AvgIpc) is 2.32. The molecule has 76 valence electrons. The van der Waals surface area contributed by atoms with E-state index >= 15 is 0 Å². The predicted molar refractivity (Wildman–Crippen MR) is 56.8 cm³/mol. The molecule has 1 N–H and O–H groups in total. The summed E-state index contributed by atoms with van der Waals surface area (Å²) >= 11 is 0. The van der Waals surface area contributed by atoms with E-state index in [1.807, 2.05) is 24.4 Å². The third-order valence-electron chi connectivity index (χ3n) is 2.00. The van der Waals surface area contributed by atoms with Gasteiger partial charge in [-0.3, -0.25) is 4.98 Å². The highest BCUT2D eigenvalue weighted by Gasteiger charge is 1.93. The molecule has 0 aromatic carbocycles. The van der Waals surface area contributed by atoms with Gasteiger partial charge in [0.15, 0.2) is 0 Å². The van der Waals surface area contributed by atoms with Crippen molar-refractivity contribution in [2.45, 2.75) is 13.1 Å². The summed E-state index contributed by atoms with van der Waals surface area (Å²) < 4.78 is 0. The van der Waals surface area contributed by atoms with Crippen molar-refractivity contribution in [1.82, 2.24) is 20.3 Å². The van der Waals surface area contributed by atoms with Gasteiger partial charge >= 0.3 is 0 Å². The maximum absolute atomic E-state index is 4.12. The second-order valence-electron chi connectivity index (χ2n) is 3.17. The highest BCUT2D eigenvalue weighted by Crippen LogP contribution is 1.96. The van der Waals surface area contributed by atoms with Gasteiger partial charge in [0.05, 0.1) is 5.69 Å². The van der Waals surface area contributed by atoms with E-state index in [9.17, 15) is 0 Å². The van der Waals surface area contributed by atoms with Crippen molar-refractivity contribution in [3.8, 4) is 0 Å². The van der Waals surface area contributed by atoms with Crippen molar-refractivity contribution in [3.63, 3.8) is 0 Å². The number of pyridine rings is 1. The Morgan fingerprint density at radius 1 is 1.07 bits per heavy atom. The molecule has 0 radical (unpaired) electrons. The topological polar surface area (TPSA) is 50.7 Å². The Labute approximate surface area is 88.4 Å². The van der Waals surface area contributed by atoms with Crippen LogP contribution in [0.15, 0.2) is 43.1 Å². The molecule has 0 atom stereocenters. The molecule has 15 heavy (non-hydrogen) atoms. The average molecular weight is 200 g/mol. The zero-order chi connectivity index (χ0) is 10.3. The summed E-state index contributed by atoms with van der Waals surface area (Å²) in [7, 11) is 0. The first-order valence-corrected chi connectivity index (χ1v) is 4.79. The fourth-order valence-electron chi connectivity index (χ4n) is 1.26. The Kier molecular flexibility index (Phi) is 3.35. The zero-order valence-electron chi connectivity index (χ0n) is 8.30. The standard InChI is InChI=1S/C11H12N4/c1-2-10(6-12-4-1)7-14-8-11-3-5-13-9-15-11/h1-6,9,14H,7-8H2. The number of rotatable bonds is 4. The maximum atomic E-state index is 4.12. The minimum absolute atomic E-state index is 0.747. The van der Waals surface area contributed by atoms with Crippen LogP contribution in [0.2, 0.25) is 0 Å². The first kappa shape index (κ1) is 9.73. The van der Waals surface area contributed by atoms with E-state index in [4.69, 9.17) is 0 Å². The summed E-state index contributed by atoms with van der Waals surface area (Å²) in [5.41, 5.74) is 2.17. The third kappa shape index (κ3) is 3.11. The molecule has 4 heteroatoms. The molecule has 2 heterocycles. The lowest BCUT2D eigenvalue weighted by molar-refractivity contribution is 0.676. The second kappa shape index (κ2) is 5.17. The lowest BCUT2D eigenvalue weighted by Crippen LogP contribution is -2.13. The highest BCUT2D eigenvalue weighted by atomic mass is 14.9. The van der Waals surface area contributed by atoms with Crippen molar-refractivity contribution >= 4 is 0 Å². The summed E-state index contributed by atoms with van der Waals surface area (Å²) in [6.45, 7) is 1.55. The molecule has 0 aliphatic rings. The zero-order valence-corrected chi connectivity index (χ0v) is 8.30. The van der Waals surface area contributed by atoms with Crippen molar-refractivity contribution in [3.05, 3.63) is 54.4 Å². The van der Waals surface area contributed by atoms with Gasteiger partial charge in [0, 0.05) is 31.7 Å². The molecule has 0 unspecified atom stereocenters. The van der Waals surface area contributed by atoms with E-state index in [0.717, 1.165) is 18.8 Å². The molecule has 2 aromatic heterocycles. The number of nitrogens with zero attached hydrogens (tertiary/aromatic N) is 3. The molecule has 2 rings (SSSR count). The van der Waals surface area contributed by atoms with Gasteiger partial charge in [-0.2, -0.15) is 0 Å². The Morgan fingerprint density at radius 3 is 2.80 bits per heavy atom. The summed E-state index contributed by atoms with van der Waals surface area (Å²) in [6, 6.07) is 5.87. The molecule has 0 saturated carbocycles. The van der Waals surface area contributed by atoms with Crippen molar-refractivity contribution in [2.75, 3.05) is 0 Å². The summed E-state index contributed by atoms with van der Waals surface area (Å²) in [4.78, 5) is 12.0. The first-order chi connectivity index (χ1) is 7.45. The van der Waals surface area contributed by atoms with E-state index in [2.05, 4.69) is 20.3 Å². The van der Waals surface area contributed by atoms with E-state index in [1.165, 1.54) is 5.56 Å². The van der Waals surface area contributed by atoms with Gasteiger partial charge in [-0.1, -0.05) is 6.07 Å². The van der Waals surface area contributed by atoms with Crippen molar-refractivity contribution in [1.29, 1.82) is 0 Å². The summed E-state index contributed by atoms with van der Waals surface area (Å²) in [5.74, 6) is 0. The van der Waals surface area contributed by atoms with Crippen LogP contribution in [-0.2, 0) is 13.1 Å². The van der Waals surface area contributed by atoms with Crippen LogP contribution in [0.4, 0.5) is 0 Å². The van der Waals surface area contributed by atoms with Crippen LogP contribution >= 0.6 is 0 Å². The predicted octanol–water partition coefficient (Wildman–Crippen LogP) is 1.16. The fraction of sp³-hybridized carbons (Fsp3) is 0.182. The van der Waals surface area contributed by atoms with Crippen LogP contribution in [0.1, 0.15) is 11.3 Å². The molecule has 0 aliphatic carbocycles. The van der Waals surface area contributed by atoms with Crippen molar-refractivity contribution < 1.29 is 0 Å². The number of nitrogens with one attached hydrogen (secondary N) is 1. The molecule has 0 bridgehead atoms. The largest absolute Gasteiger partial charge is 0.307 e. The second-order valence-corrected chi connectivity index (χ2v) is 3.17. The molecular weight excluding hydrogens is 188 g/mol. The summed E-state index contributed by atoms with van der Waals surface area (Å²) in [5, 5.41) is 3.29. The van der Waals surface area contributed by atoms with E-state index < -0.39 is 0 Å².